The summed E-state index contributed by atoms with van der Waals surface area (Å²) in [4.78, 5) is 2.43. The molecule has 0 bridgehead atoms. The van der Waals surface area contributed by atoms with Crippen molar-refractivity contribution in [3.05, 3.63) is 0 Å². The van der Waals surface area contributed by atoms with Crippen molar-refractivity contribution in [2.45, 2.75) is 19.3 Å². The molecular weight excluding hydrogens is 155 g/mol. The van der Waals surface area contributed by atoms with E-state index in [0.717, 1.165) is 39.0 Å². The highest BCUT2D eigenvalue weighted by Gasteiger charge is 2.06. The van der Waals surface area contributed by atoms with Crippen LogP contribution in [0, 0.1) is 0 Å². The van der Waals surface area contributed by atoms with Gasteiger partial charge in [0.05, 0.1) is 6.67 Å². The molecule has 0 radical (unpaired) electrons. The van der Waals surface area contributed by atoms with E-state index in [2.05, 4.69) is 10.2 Å². The van der Waals surface area contributed by atoms with Crippen molar-refractivity contribution in [3.63, 3.8) is 0 Å². The Kier molecular flexibility index (Phi) is 5.28. The molecule has 1 rings (SSSR count). The molecule has 0 unspecified atom stereocenters. The number of nitrogens with one attached hydrogen (secondary N) is 1. The van der Waals surface area contributed by atoms with Gasteiger partial charge in [-0.3, -0.25) is 4.39 Å². The lowest BCUT2D eigenvalue weighted by molar-refractivity contribution is 0.280. The molecule has 0 aliphatic carbocycles. The molecule has 3 heteroatoms. The second kappa shape index (κ2) is 6.38. The fourth-order valence-corrected chi connectivity index (χ4v) is 1.56. The normalized spacial score (nSPS) is 20.8. The van der Waals surface area contributed by atoms with Crippen molar-refractivity contribution >= 4 is 0 Å². The van der Waals surface area contributed by atoms with Gasteiger partial charge in [0.25, 0.3) is 0 Å². The van der Waals surface area contributed by atoms with Crippen LogP contribution in [0.5, 0.6) is 0 Å². The number of alkyl halides is 1. The summed E-state index contributed by atoms with van der Waals surface area (Å²) in [5.41, 5.74) is 0. The summed E-state index contributed by atoms with van der Waals surface area (Å²) >= 11 is 0. The van der Waals surface area contributed by atoms with Crippen LogP contribution in [0.3, 0.4) is 0 Å². The number of hydrogen-bond donors (Lipinski definition) is 1. The van der Waals surface area contributed by atoms with Crippen LogP contribution < -0.4 is 5.32 Å². The molecule has 0 atom stereocenters. The van der Waals surface area contributed by atoms with E-state index >= 15 is 0 Å². The zero-order valence-corrected chi connectivity index (χ0v) is 7.69. The van der Waals surface area contributed by atoms with Crippen LogP contribution >= 0.6 is 0 Å². The van der Waals surface area contributed by atoms with E-state index in [1.54, 1.807) is 0 Å². The van der Waals surface area contributed by atoms with Crippen LogP contribution in [0.15, 0.2) is 0 Å². The Labute approximate surface area is 74.1 Å². The maximum Gasteiger partial charge on any atom is 0.0894 e. The lowest BCUT2D eigenvalue weighted by Gasteiger charge is -2.18. The summed E-state index contributed by atoms with van der Waals surface area (Å²) in [6.07, 6.45) is 2.97. The summed E-state index contributed by atoms with van der Waals surface area (Å²) in [5, 5.41) is 3.35. The van der Waals surface area contributed by atoms with Crippen LogP contribution in [0.2, 0.25) is 0 Å². The van der Waals surface area contributed by atoms with Gasteiger partial charge in [0.15, 0.2) is 0 Å². The van der Waals surface area contributed by atoms with E-state index in [4.69, 9.17) is 0 Å². The first-order valence-electron chi connectivity index (χ1n) is 4.92. The first kappa shape index (κ1) is 9.93. The third-order valence-corrected chi connectivity index (χ3v) is 2.29. The van der Waals surface area contributed by atoms with Crippen LogP contribution in [-0.4, -0.2) is 44.3 Å². The van der Waals surface area contributed by atoms with E-state index in [1.807, 2.05) is 0 Å². The van der Waals surface area contributed by atoms with Gasteiger partial charge >= 0.3 is 0 Å². The number of hydrogen-bond acceptors (Lipinski definition) is 2. The Balaban J connectivity index is 2.04. The van der Waals surface area contributed by atoms with Gasteiger partial charge in [-0.2, -0.15) is 0 Å². The highest BCUT2D eigenvalue weighted by molar-refractivity contribution is 4.65. The minimum atomic E-state index is -0.161. The number of rotatable bonds is 4. The minimum absolute atomic E-state index is 0.161. The fraction of sp³-hybridized carbons (Fsp3) is 1.00. The Hall–Kier alpha value is -0.150. The smallest absolute Gasteiger partial charge is 0.0894 e. The van der Waals surface area contributed by atoms with E-state index in [-0.39, 0.29) is 6.67 Å². The number of unbranched alkanes of at least 4 members (excludes halogenated alkanes) is 1. The molecule has 0 saturated carbocycles. The zero-order chi connectivity index (χ0) is 8.65. The van der Waals surface area contributed by atoms with E-state index < -0.39 is 0 Å². The van der Waals surface area contributed by atoms with E-state index in [9.17, 15) is 4.39 Å². The summed E-state index contributed by atoms with van der Waals surface area (Å²) in [5.74, 6) is 0. The largest absolute Gasteiger partial charge is 0.315 e. The molecule has 1 aliphatic heterocycles. The Bertz CT molecular complexity index is 101. The van der Waals surface area contributed by atoms with Crippen molar-refractivity contribution in [2.75, 3.05) is 39.4 Å². The second-order valence-corrected chi connectivity index (χ2v) is 3.34. The van der Waals surface area contributed by atoms with Crippen molar-refractivity contribution in [3.8, 4) is 0 Å². The minimum Gasteiger partial charge on any atom is -0.315 e. The molecular formula is C9H19FN2. The highest BCUT2D eigenvalue weighted by Crippen LogP contribution is 1.99. The SMILES string of the molecule is FCCCCN1CCCNCC1. The zero-order valence-electron chi connectivity index (χ0n) is 7.69. The van der Waals surface area contributed by atoms with Gasteiger partial charge in [0, 0.05) is 13.1 Å². The standard InChI is InChI=1S/C9H19FN2/c10-4-1-2-7-12-8-3-5-11-6-9-12/h11H,1-9H2. The van der Waals surface area contributed by atoms with Crippen molar-refractivity contribution < 1.29 is 4.39 Å². The number of halogens is 1. The predicted octanol–water partition coefficient (Wildman–Crippen LogP) is 1.03. The number of nitrogens with zero attached hydrogens (tertiary/aromatic N) is 1. The quantitative estimate of drug-likeness (QED) is 0.640. The van der Waals surface area contributed by atoms with Gasteiger partial charge < -0.3 is 10.2 Å². The molecule has 1 saturated heterocycles. The van der Waals surface area contributed by atoms with Gasteiger partial charge in [-0.1, -0.05) is 0 Å². The monoisotopic (exact) mass is 174 g/mol. The molecule has 12 heavy (non-hydrogen) atoms. The molecule has 0 amide bonds. The average molecular weight is 174 g/mol. The third-order valence-electron chi connectivity index (χ3n) is 2.29. The molecule has 2 nitrogen and oxygen atoms in total. The Morgan fingerprint density at radius 1 is 1.17 bits per heavy atom. The van der Waals surface area contributed by atoms with Gasteiger partial charge in [0.2, 0.25) is 0 Å². The molecule has 72 valence electrons. The molecule has 0 spiro atoms. The van der Waals surface area contributed by atoms with E-state index in [0.29, 0.717) is 0 Å². The fourth-order valence-electron chi connectivity index (χ4n) is 1.56. The van der Waals surface area contributed by atoms with Crippen molar-refractivity contribution in [1.29, 1.82) is 0 Å². The van der Waals surface area contributed by atoms with Gasteiger partial charge in [-0.15, -0.1) is 0 Å². The predicted molar refractivity (Wildman–Crippen MR) is 49.1 cm³/mol. The maximum atomic E-state index is 11.8. The Morgan fingerprint density at radius 3 is 2.92 bits per heavy atom. The lowest BCUT2D eigenvalue weighted by Crippen LogP contribution is -2.29. The molecule has 1 fully saturated rings. The first-order chi connectivity index (χ1) is 5.93. The topological polar surface area (TPSA) is 15.3 Å². The summed E-state index contributed by atoms with van der Waals surface area (Å²) in [6.45, 7) is 5.46. The summed E-state index contributed by atoms with van der Waals surface area (Å²) < 4.78 is 11.8. The van der Waals surface area contributed by atoms with Gasteiger partial charge in [-0.25, -0.2) is 0 Å². The lowest BCUT2D eigenvalue weighted by atomic mass is 10.3. The first-order valence-corrected chi connectivity index (χ1v) is 4.92. The van der Waals surface area contributed by atoms with Crippen molar-refractivity contribution in [2.24, 2.45) is 0 Å². The highest BCUT2D eigenvalue weighted by atomic mass is 19.1. The van der Waals surface area contributed by atoms with Crippen LogP contribution in [-0.2, 0) is 0 Å². The van der Waals surface area contributed by atoms with E-state index in [1.165, 1.54) is 13.0 Å². The van der Waals surface area contributed by atoms with Gasteiger partial charge in [0.1, 0.15) is 0 Å². The molecule has 1 heterocycles. The maximum absolute atomic E-state index is 11.8. The summed E-state index contributed by atoms with van der Waals surface area (Å²) in [6, 6.07) is 0. The van der Waals surface area contributed by atoms with Crippen molar-refractivity contribution in [1.82, 2.24) is 10.2 Å². The molecule has 0 aromatic carbocycles. The van der Waals surface area contributed by atoms with Gasteiger partial charge in [-0.05, 0) is 38.9 Å². The summed E-state index contributed by atoms with van der Waals surface area (Å²) in [7, 11) is 0. The average Bonchev–Trinajstić information content (AvgIpc) is 2.33. The molecule has 0 aromatic heterocycles. The molecule has 1 aliphatic rings. The van der Waals surface area contributed by atoms with Crippen LogP contribution in [0.4, 0.5) is 4.39 Å². The van der Waals surface area contributed by atoms with Crippen LogP contribution in [0.25, 0.3) is 0 Å². The second-order valence-electron chi connectivity index (χ2n) is 3.34. The Morgan fingerprint density at radius 2 is 2.08 bits per heavy atom. The third kappa shape index (κ3) is 4.02. The van der Waals surface area contributed by atoms with Crippen LogP contribution in [0.1, 0.15) is 19.3 Å². The molecule has 1 N–H and O–H groups in total. The molecule has 0 aromatic rings.